The minimum Gasteiger partial charge on any atom is -0.496 e. The van der Waals surface area contributed by atoms with Crippen molar-refractivity contribution in [1.82, 2.24) is 15.5 Å². The van der Waals surface area contributed by atoms with Gasteiger partial charge >= 0.3 is 0 Å². The summed E-state index contributed by atoms with van der Waals surface area (Å²) >= 11 is 0. The number of ether oxygens (including phenoxy) is 2. The summed E-state index contributed by atoms with van der Waals surface area (Å²) in [6, 6.07) is 5.54. The van der Waals surface area contributed by atoms with Crippen molar-refractivity contribution in [3.63, 3.8) is 0 Å². The van der Waals surface area contributed by atoms with E-state index < -0.39 is 0 Å². The number of aromatic nitrogens is 2. The largest absolute Gasteiger partial charge is 0.496 e. The third-order valence-electron chi connectivity index (χ3n) is 3.10. The van der Waals surface area contributed by atoms with Crippen LogP contribution in [0.1, 0.15) is 19.2 Å². The quantitative estimate of drug-likeness (QED) is 0.753. The Bertz CT molecular complexity index is 547. The van der Waals surface area contributed by atoms with Crippen LogP contribution < -0.4 is 14.8 Å². The van der Waals surface area contributed by atoms with Gasteiger partial charge in [-0.15, -0.1) is 10.2 Å². The van der Waals surface area contributed by atoms with E-state index >= 15 is 0 Å². The van der Waals surface area contributed by atoms with Gasteiger partial charge in [-0.25, -0.2) is 0 Å². The summed E-state index contributed by atoms with van der Waals surface area (Å²) in [5.74, 6) is 2.34. The molecule has 0 fully saturated rings. The number of hydrogen-bond acceptors (Lipinski definition) is 6. The first-order valence-electron chi connectivity index (χ1n) is 7.04. The number of nitrogens with zero attached hydrogens (tertiary/aromatic N) is 2. The molecule has 0 unspecified atom stereocenters. The maximum Gasteiger partial charge on any atom is 0.255 e. The summed E-state index contributed by atoms with van der Waals surface area (Å²) in [6.45, 7) is 3.98. The molecule has 1 N–H and O–H groups in total. The Morgan fingerprint density at radius 1 is 1.14 bits per heavy atom. The van der Waals surface area contributed by atoms with Crippen LogP contribution in [0.5, 0.6) is 11.5 Å². The molecule has 0 radical (unpaired) electrons. The van der Waals surface area contributed by atoms with Gasteiger partial charge in [-0.05, 0) is 31.6 Å². The lowest BCUT2D eigenvalue weighted by Gasteiger charge is -2.09. The molecule has 0 aliphatic heterocycles. The number of benzene rings is 1. The van der Waals surface area contributed by atoms with Crippen molar-refractivity contribution in [2.24, 2.45) is 0 Å². The van der Waals surface area contributed by atoms with E-state index in [1.807, 2.05) is 18.2 Å². The number of hydrogen-bond donors (Lipinski definition) is 1. The molecule has 6 heteroatoms. The highest BCUT2D eigenvalue weighted by molar-refractivity contribution is 5.70. The lowest BCUT2D eigenvalue weighted by Crippen LogP contribution is -2.14. The highest BCUT2D eigenvalue weighted by Crippen LogP contribution is 2.37. The summed E-state index contributed by atoms with van der Waals surface area (Å²) in [7, 11) is 3.21. The van der Waals surface area contributed by atoms with Crippen molar-refractivity contribution in [2.75, 3.05) is 27.3 Å². The molecule has 114 valence electrons. The second-order valence-corrected chi connectivity index (χ2v) is 4.50. The summed E-state index contributed by atoms with van der Waals surface area (Å²) in [5.41, 5.74) is 0.688. The molecule has 0 amide bonds. The third-order valence-corrected chi connectivity index (χ3v) is 3.10. The highest BCUT2D eigenvalue weighted by Gasteiger charge is 2.18. The summed E-state index contributed by atoms with van der Waals surface area (Å²) in [5, 5.41) is 11.5. The molecule has 0 aliphatic carbocycles. The molecule has 0 atom stereocenters. The minimum atomic E-state index is 0.419. The van der Waals surface area contributed by atoms with Gasteiger partial charge in [0.15, 0.2) is 0 Å². The zero-order chi connectivity index (χ0) is 15.1. The molecule has 1 aromatic carbocycles. The molecule has 0 bridgehead atoms. The molecule has 1 aromatic heterocycles. The van der Waals surface area contributed by atoms with Crippen molar-refractivity contribution >= 4 is 0 Å². The zero-order valence-corrected chi connectivity index (χ0v) is 12.7. The predicted octanol–water partition coefficient (Wildman–Crippen LogP) is 2.30. The Morgan fingerprint density at radius 3 is 2.48 bits per heavy atom. The van der Waals surface area contributed by atoms with E-state index in [9.17, 15) is 0 Å². The number of methoxy groups -OCH3 is 2. The van der Waals surface area contributed by atoms with Crippen LogP contribution in [0, 0.1) is 0 Å². The SMILES string of the molecule is CCNCCCc1nnc(-c2c(OC)cccc2OC)o1. The van der Waals surface area contributed by atoms with Gasteiger partial charge in [0.05, 0.1) is 14.2 Å². The molecule has 0 spiro atoms. The smallest absolute Gasteiger partial charge is 0.255 e. The second kappa shape index (κ2) is 7.64. The fourth-order valence-electron chi connectivity index (χ4n) is 2.06. The van der Waals surface area contributed by atoms with E-state index in [4.69, 9.17) is 13.9 Å². The standard InChI is InChI=1S/C15H21N3O3/c1-4-16-10-6-9-13-17-18-15(21-13)14-11(19-2)7-5-8-12(14)20-3/h5,7-8,16H,4,6,9-10H2,1-3H3. The maximum absolute atomic E-state index is 5.72. The second-order valence-electron chi connectivity index (χ2n) is 4.50. The zero-order valence-electron chi connectivity index (χ0n) is 12.7. The van der Waals surface area contributed by atoms with Crippen LogP contribution in [0.4, 0.5) is 0 Å². The molecule has 2 aromatic rings. The van der Waals surface area contributed by atoms with Gasteiger partial charge < -0.3 is 19.2 Å². The first kappa shape index (κ1) is 15.3. The lowest BCUT2D eigenvalue weighted by atomic mass is 10.1. The summed E-state index contributed by atoms with van der Waals surface area (Å²) in [6.07, 6.45) is 1.70. The highest BCUT2D eigenvalue weighted by atomic mass is 16.5. The first-order valence-corrected chi connectivity index (χ1v) is 7.04. The van der Waals surface area contributed by atoms with E-state index in [2.05, 4.69) is 22.4 Å². The molecule has 0 saturated carbocycles. The Kier molecular flexibility index (Phi) is 5.57. The molecular weight excluding hydrogens is 270 g/mol. The maximum atomic E-state index is 5.72. The van der Waals surface area contributed by atoms with Crippen LogP contribution in [-0.2, 0) is 6.42 Å². The van der Waals surface area contributed by atoms with Crippen LogP contribution in [0.15, 0.2) is 22.6 Å². The third kappa shape index (κ3) is 3.72. The van der Waals surface area contributed by atoms with E-state index in [1.54, 1.807) is 14.2 Å². The lowest BCUT2D eigenvalue weighted by molar-refractivity contribution is 0.392. The fourth-order valence-corrected chi connectivity index (χ4v) is 2.06. The molecular formula is C15H21N3O3. The number of rotatable bonds is 8. The van der Waals surface area contributed by atoms with Gasteiger partial charge in [-0.3, -0.25) is 0 Å². The Morgan fingerprint density at radius 2 is 1.86 bits per heavy atom. The minimum absolute atomic E-state index is 0.419. The van der Waals surface area contributed by atoms with E-state index in [1.165, 1.54) is 0 Å². The van der Waals surface area contributed by atoms with Crippen molar-refractivity contribution < 1.29 is 13.9 Å². The topological polar surface area (TPSA) is 69.4 Å². The normalized spacial score (nSPS) is 10.6. The van der Waals surface area contributed by atoms with Gasteiger partial charge in [-0.2, -0.15) is 0 Å². The van der Waals surface area contributed by atoms with E-state index in [0.717, 1.165) is 25.9 Å². The van der Waals surface area contributed by atoms with Crippen LogP contribution in [0.25, 0.3) is 11.5 Å². The molecule has 6 nitrogen and oxygen atoms in total. The van der Waals surface area contributed by atoms with Crippen molar-refractivity contribution in [2.45, 2.75) is 19.8 Å². The number of nitrogens with one attached hydrogen (secondary N) is 1. The van der Waals surface area contributed by atoms with Gasteiger partial charge in [0.25, 0.3) is 5.89 Å². The van der Waals surface area contributed by atoms with Gasteiger partial charge in [0.2, 0.25) is 5.89 Å². The molecule has 1 heterocycles. The van der Waals surface area contributed by atoms with Crippen molar-refractivity contribution in [3.05, 3.63) is 24.1 Å². The van der Waals surface area contributed by atoms with Crippen LogP contribution >= 0.6 is 0 Å². The van der Waals surface area contributed by atoms with Crippen LogP contribution in [-0.4, -0.2) is 37.5 Å². The molecule has 0 aliphatic rings. The summed E-state index contributed by atoms with van der Waals surface area (Å²) < 4.78 is 16.4. The average Bonchev–Trinajstić information content (AvgIpc) is 2.99. The van der Waals surface area contributed by atoms with Gasteiger partial charge in [0.1, 0.15) is 17.1 Å². The monoisotopic (exact) mass is 291 g/mol. The molecule has 21 heavy (non-hydrogen) atoms. The predicted molar refractivity (Wildman–Crippen MR) is 79.7 cm³/mol. The molecule has 2 rings (SSSR count). The van der Waals surface area contributed by atoms with Crippen LogP contribution in [0.3, 0.4) is 0 Å². The van der Waals surface area contributed by atoms with Crippen molar-refractivity contribution in [3.8, 4) is 23.0 Å². The van der Waals surface area contributed by atoms with E-state index in [-0.39, 0.29) is 0 Å². The Hall–Kier alpha value is -2.08. The summed E-state index contributed by atoms with van der Waals surface area (Å²) in [4.78, 5) is 0. The van der Waals surface area contributed by atoms with E-state index in [0.29, 0.717) is 28.8 Å². The fraction of sp³-hybridized carbons (Fsp3) is 0.467. The number of aryl methyl sites for hydroxylation is 1. The van der Waals surface area contributed by atoms with Crippen LogP contribution in [0.2, 0.25) is 0 Å². The van der Waals surface area contributed by atoms with Crippen molar-refractivity contribution in [1.29, 1.82) is 0 Å². The first-order chi connectivity index (χ1) is 10.3. The Balaban J connectivity index is 2.17. The van der Waals surface area contributed by atoms with Gasteiger partial charge in [0, 0.05) is 6.42 Å². The van der Waals surface area contributed by atoms with Gasteiger partial charge in [-0.1, -0.05) is 13.0 Å². The Labute approximate surface area is 124 Å². The average molecular weight is 291 g/mol. The molecule has 0 saturated heterocycles.